The molecule has 0 aromatic rings. The van der Waals surface area contributed by atoms with E-state index in [1.165, 1.54) is 19.3 Å². The number of hydrogen-bond donors (Lipinski definition) is 0. The molecule has 0 N–H and O–H groups in total. The molecule has 0 radical (unpaired) electrons. The lowest BCUT2D eigenvalue weighted by Gasteiger charge is -2.45. The summed E-state index contributed by atoms with van der Waals surface area (Å²) in [5.41, 5.74) is -0.162. The van der Waals surface area contributed by atoms with E-state index in [-0.39, 0.29) is 11.5 Å². The Balaban J connectivity index is 2.66. The predicted molar refractivity (Wildman–Crippen MR) is 79.2 cm³/mol. The Labute approximate surface area is 118 Å². The number of rotatable bonds is 3. The minimum Gasteiger partial charge on any atom is -0.444 e. The molecule has 1 aliphatic rings. The van der Waals surface area contributed by atoms with Crippen molar-refractivity contribution in [3.63, 3.8) is 0 Å². The van der Waals surface area contributed by atoms with Crippen molar-refractivity contribution in [3.05, 3.63) is 0 Å². The molecule has 0 aromatic heterocycles. The van der Waals surface area contributed by atoms with Gasteiger partial charge < -0.3 is 9.64 Å². The highest BCUT2D eigenvalue weighted by molar-refractivity contribution is 5.68. The second-order valence-electron chi connectivity index (χ2n) is 7.35. The van der Waals surface area contributed by atoms with Gasteiger partial charge >= 0.3 is 6.09 Å². The highest BCUT2D eigenvalue weighted by Gasteiger charge is 2.39. The zero-order valence-electron chi connectivity index (χ0n) is 13.6. The predicted octanol–water partition coefficient (Wildman–Crippen LogP) is 4.46. The fourth-order valence-corrected chi connectivity index (χ4v) is 2.76. The first-order valence-electron chi connectivity index (χ1n) is 7.66. The summed E-state index contributed by atoms with van der Waals surface area (Å²) in [5.74, 6) is 0.678. The quantitative estimate of drug-likeness (QED) is 0.757. The molecular weight excluding hydrogens is 238 g/mol. The van der Waals surface area contributed by atoms with E-state index in [1.54, 1.807) is 0 Å². The minimum atomic E-state index is -0.403. The van der Waals surface area contributed by atoms with Crippen molar-refractivity contribution in [2.24, 2.45) is 11.3 Å². The fourth-order valence-electron chi connectivity index (χ4n) is 2.76. The number of ether oxygens (including phenoxy) is 1. The lowest BCUT2D eigenvalue weighted by Crippen LogP contribution is -2.50. The first-order valence-corrected chi connectivity index (χ1v) is 7.66. The largest absolute Gasteiger partial charge is 0.444 e. The fraction of sp³-hybridized carbons (Fsp3) is 0.938. The molecule has 3 nitrogen and oxygen atoms in total. The zero-order chi connectivity index (χ0) is 14.7. The molecule has 1 rings (SSSR count). The Bertz CT molecular complexity index is 308. The molecule has 112 valence electrons. The maximum Gasteiger partial charge on any atom is 0.410 e. The Morgan fingerprint density at radius 2 is 2.05 bits per heavy atom. The molecule has 1 saturated heterocycles. The van der Waals surface area contributed by atoms with Crippen molar-refractivity contribution in [3.8, 4) is 0 Å². The molecule has 1 unspecified atom stereocenters. The summed E-state index contributed by atoms with van der Waals surface area (Å²) in [4.78, 5) is 14.1. The van der Waals surface area contributed by atoms with Crippen molar-refractivity contribution < 1.29 is 9.53 Å². The molecule has 2 atom stereocenters. The number of unbranched alkanes of at least 4 members (excludes halogenated alkanes) is 1. The summed E-state index contributed by atoms with van der Waals surface area (Å²) in [6, 6.07) is 0. The first kappa shape index (κ1) is 16.3. The van der Waals surface area contributed by atoms with E-state index in [2.05, 4.69) is 20.8 Å². The highest BCUT2D eigenvalue weighted by Crippen LogP contribution is 2.39. The number of likely N-dealkylation sites (tertiary alicyclic amines) is 1. The summed E-state index contributed by atoms with van der Waals surface area (Å²) >= 11 is 0. The van der Waals surface area contributed by atoms with Gasteiger partial charge in [-0.3, -0.25) is 0 Å². The van der Waals surface area contributed by atoms with Crippen LogP contribution in [0.4, 0.5) is 4.79 Å². The van der Waals surface area contributed by atoms with Gasteiger partial charge in [-0.05, 0) is 44.9 Å². The molecule has 1 fully saturated rings. The normalized spacial score (nSPS) is 28.3. The van der Waals surface area contributed by atoms with Crippen LogP contribution in [0.15, 0.2) is 0 Å². The number of nitrogens with zero attached hydrogens (tertiary/aromatic N) is 1. The van der Waals surface area contributed by atoms with Gasteiger partial charge in [-0.15, -0.1) is 0 Å². The summed E-state index contributed by atoms with van der Waals surface area (Å²) < 4.78 is 5.50. The SMILES string of the molecule is CCCC[C@@]1(C)CN(C(=O)OC(C)(C)C)CCC1C. The van der Waals surface area contributed by atoms with E-state index in [1.807, 2.05) is 25.7 Å². The maximum atomic E-state index is 12.2. The smallest absolute Gasteiger partial charge is 0.410 e. The third-order valence-corrected chi connectivity index (χ3v) is 4.33. The number of carbonyl (C=O) groups excluding carboxylic acids is 1. The highest BCUT2D eigenvalue weighted by atomic mass is 16.6. The lowest BCUT2D eigenvalue weighted by atomic mass is 9.70. The van der Waals surface area contributed by atoms with E-state index < -0.39 is 5.60 Å². The molecule has 0 aromatic carbocycles. The standard InChI is InChI=1S/C16H31NO2/c1-7-8-10-16(6)12-17(11-9-13(16)2)14(18)19-15(3,4)5/h13H,7-12H2,1-6H3/t13?,16-/m0/s1. The number of amides is 1. The average Bonchev–Trinajstić information content (AvgIpc) is 2.28. The molecule has 1 amide bonds. The lowest BCUT2D eigenvalue weighted by molar-refractivity contribution is -0.00841. The van der Waals surface area contributed by atoms with Crippen LogP contribution in [0.3, 0.4) is 0 Å². The molecule has 0 aliphatic carbocycles. The van der Waals surface area contributed by atoms with Crippen LogP contribution in [0.1, 0.15) is 67.2 Å². The Kier molecular flexibility index (Phi) is 5.28. The summed E-state index contributed by atoms with van der Waals surface area (Å²) in [6.45, 7) is 14.3. The molecule has 1 heterocycles. The Morgan fingerprint density at radius 3 is 2.58 bits per heavy atom. The Hall–Kier alpha value is -0.730. The van der Waals surface area contributed by atoms with Crippen molar-refractivity contribution in [1.82, 2.24) is 4.90 Å². The van der Waals surface area contributed by atoms with E-state index in [0.717, 1.165) is 19.5 Å². The third-order valence-electron chi connectivity index (χ3n) is 4.33. The minimum absolute atomic E-state index is 0.151. The number of piperidine rings is 1. The number of hydrogen-bond acceptors (Lipinski definition) is 2. The molecule has 1 aliphatic heterocycles. The van der Waals surface area contributed by atoms with E-state index in [0.29, 0.717) is 5.92 Å². The monoisotopic (exact) mass is 269 g/mol. The van der Waals surface area contributed by atoms with Crippen LogP contribution in [0.25, 0.3) is 0 Å². The van der Waals surface area contributed by atoms with Crippen LogP contribution >= 0.6 is 0 Å². The summed E-state index contributed by atoms with van der Waals surface area (Å²) in [5, 5.41) is 0. The van der Waals surface area contributed by atoms with E-state index in [4.69, 9.17) is 4.74 Å². The zero-order valence-corrected chi connectivity index (χ0v) is 13.6. The first-order chi connectivity index (χ1) is 8.68. The van der Waals surface area contributed by atoms with Gasteiger partial charge in [-0.25, -0.2) is 4.79 Å². The van der Waals surface area contributed by atoms with E-state index in [9.17, 15) is 4.79 Å². The van der Waals surface area contributed by atoms with Crippen molar-refractivity contribution in [2.45, 2.75) is 72.8 Å². The molecule has 3 heteroatoms. The van der Waals surface area contributed by atoms with Crippen LogP contribution < -0.4 is 0 Å². The van der Waals surface area contributed by atoms with Gasteiger partial charge in [0.1, 0.15) is 5.60 Å². The van der Waals surface area contributed by atoms with Crippen LogP contribution in [0, 0.1) is 11.3 Å². The number of carbonyl (C=O) groups is 1. The summed E-state index contributed by atoms with van der Waals surface area (Å²) in [7, 11) is 0. The maximum absolute atomic E-state index is 12.2. The topological polar surface area (TPSA) is 29.5 Å². The Morgan fingerprint density at radius 1 is 1.42 bits per heavy atom. The summed E-state index contributed by atoms with van der Waals surface area (Å²) in [6.07, 6.45) is 4.59. The second-order valence-corrected chi connectivity index (χ2v) is 7.35. The van der Waals surface area contributed by atoms with Gasteiger partial charge in [0.05, 0.1) is 0 Å². The average molecular weight is 269 g/mol. The van der Waals surface area contributed by atoms with Crippen molar-refractivity contribution in [2.75, 3.05) is 13.1 Å². The van der Waals surface area contributed by atoms with Gasteiger partial charge in [-0.1, -0.05) is 33.6 Å². The second kappa shape index (κ2) is 6.15. The van der Waals surface area contributed by atoms with E-state index >= 15 is 0 Å². The molecule has 19 heavy (non-hydrogen) atoms. The van der Waals surface area contributed by atoms with Crippen LogP contribution in [0.5, 0.6) is 0 Å². The van der Waals surface area contributed by atoms with Crippen molar-refractivity contribution >= 4 is 6.09 Å². The van der Waals surface area contributed by atoms with Gasteiger partial charge in [0.2, 0.25) is 0 Å². The van der Waals surface area contributed by atoms with Gasteiger partial charge in [0.25, 0.3) is 0 Å². The molecule has 0 bridgehead atoms. The van der Waals surface area contributed by atoms with Crippen LogP contribution in [-0.2, 0) is 4.74 Å². The van der Waals surface area contributed by atoms with Crippen LogP contribution in [0.2, 0.25) is 0 Å². The molecular formula is C16H31NO2. The molecule has 0 saturated carbocycles. The molecule has 0 spiro atoms. The van der Waals surface area contributed by atoms with Gasteiger partial charge in [0.15, 0.2) is 0 Å². The third kappa shape index (κ3) is 4.70. The van der Waals surface area contributed by atoms with Gasteiger partial charge in [0, 0.05) is 13.1 Å². The van der Waals surface area contributed by atoms with Gasteiger partial charge in [-0.2, -0.15) is 0 Å². The van der Waals surface area contributed by atoms with Crippen LogP contribution in [-0.4, -0.2) is 29.7 Å². The van der Waals surface area contributed by atoms with Crippen molar-refractivity contribution in [1.29, 1.82) is 0 Å².